The van der Waals surface area contributed by atoms with Crippen molar-refractivity contribution in [1.29, 1.82) is 10.5 Å². The van der Waals surface area contributed by atoms with Crippen LogP contribution in [0.5, 0.6) is 11.5 Å². The van der Waals surface area contributed by atoms with Gasteiger partial charge in [-0.3, -0.25) is 0 Å². The second-order valence-corrected chi connectivity index (χ2v) is 4.01. The molecule has 1 heterocycles. The fourth-order valence-electron chi connectivity index (χ4n) is 2.14. The van der Waals surface area contributed by atoms with Gasteiger partial charge in [0.1, 0.15) is 12.1 Å². The quantitative estimate of drug-likeness (QED) is 0.812. The summed E-state index contributed by atoms with van der Waals surface area (Å²) in [7, 11) is 3.14. The molecule has 0 bridgehead atoms. The first-order valence-corrected chi connectivity index (χ1v) is 5.78. The van der Waals surface area contributed by atoms with E-state index in [1.165, 1.54) is 0 Å². The summed E-state index contributed by atoms with van der Waals surface area (Å²) in [6, 6.07) is 7.51. The van der Waals surface area contributed by atoms with E-state index in [9.17, 15) is 0 Å². The molecule has 1 aliphatic heterocycles. The lowest BCUT2D eigenvalue weighted by atomic mass is 9.95. The molecule has 0 saturated heterocycles. The number of benzene rings is 1. The molecule has 0 spiro atoms. The highest BCUT2D eigenvalue weighted by Crippen LogP contribution is 2.35. The molecule has 0 aromatic heterocycles. The van der Waals surface area contributed by atoms with Crippen molar-refractivity contribution >= 4 is 5.70 Å². The number of methoxy groups -OCH3 is 2. The third-order valence-corrected chi connectivity index (χ3v) is 3.05. The molecule has 0 amide bonds. The predicted molar refractivity (Wildman–Crippen MR) is 69.4 cm³/mol. The van der Waals surface area contributed by atoms with E-state index < -0.39 is 0 Å². The molecule has 0 unspecified atom stereocenters. The minimum absolute atomic E-state index is 0.0770. The van der Waals surface area contributed by atoms with E-state index in [4.69, 9.17) is 20.0 Å². The fraction of sp³-hybridized carbons (Fsp3) is 0.286. The summed E-state index contributed by atoms with van der Waals surface area (Å²) in [6.45, 7) is 0.685. The third kappa shape index (κ3) is 2.19. The van der Waals surface area contributed by atoms with E-state index >= 15 is 0 Å². The maximum absolute atomic E-state index is 9.00. The van der Waals surface area contributed by atoms with Crippen molar-refractivity contribution in [3.05, 3.63) is 28.8 Å². The molecule has 0 fully saturated rings. The Morgan fingerprint density at radius 1 is 1.16 bits per heavy atom. The van der Waals surface area contributed by atoms with Crippen LogP contribution >= 0.6 is 0 Å². The van der Waals surface area contributed by atoms with Gasteiger partial charge in [-0.25, -0.2) is 0 Å². The van der Waals surface area contributed by atoms with Gasteiger partial charge < -0.3 is 14.8 Å². The summed E-state index contributed by atoms with van der Waals surface area (Å²) in [5.41, 5.74) is 2.50. The average Bonchev–Trinajstić information content (AvgIpc) is 2.47. The number of rotatable bonds is 2. The number of hydrogen-bond acceptors (Lipinski definition) is 5. The first kappa shape index (κ1) is 12.8. The maximum atomic E-state index is 9.00. The number of fused-ring (bicyclic) bond motifs is 1. The van der Waals surface area contributed by atoms with Gasteiger partial charge in [0.05, 0.1) is 19.9 Å². The number of nitriles is 2. The zero-order valence-electron chi connectivity index (χ0n) is 10.8. The van der Waals surface area contributed by atoms with Crippen LogP contribution in [0.4, 0.5) is 0 Å². The Morgan fingerprint density at radius 3 is 2.37 bits per heavy atom. The highest BCUT2D eigenvalue weighted by atomic mass is 16.5. The lowest BCUT2D eigenvalue weighted by molar-refractivity contribution is 0.354. The standard InChI is InChI=1S/C14H13N3O2/c1-18-12-5-9-3-4-17-14(10(7-15)8-16)11(9)6-13(12)19-2/h5-6,17H,3-4H2,1-2H3. The first-order chi connectivity index (χ1) is 9.24. The summed E-state index contributed by atoms with van der Waals surface area (Å²) in [6.07, 6.45) is 0.809. The van der Waals surface area contributed by atoms with Gasteiger partial charge in [0.15, 0.2) is 17.1 Å². The molecule has 0 radical (unpaired) electrons. The zero-order valence-corrected chi connectivity index (χ0v) is 10.8. The van der Waals surface area contributed by atoms with E-state index in [1.807, 2.05) is 18.2 Å². The molecule has 1 aromatic rings. The van der Waals surface area contributed by atoms with Gasteiger partial charge in [0, 0.05) is 12.1 Å². The van der Waals surface area contributed by atoms with E-state index in [0.29, 0.717) is 23.7 Å². The van der Waals surface area contributed by atoms with Crippen LogP contribution in [0.1, 0.15) is 11.1 Å². The van der Waals surface area contributed by atoms with E-state index in [-0.39, 0.29) is 5.57 Å². The topological polar surface area (TPSA) is 78.1 Å². The Morgan fingerprint density at radius 2 is 1.79 bits per heavy atom. The van der Waals surface area contributed by atoms with Gasteiger partial charge in [-0.2, -0.15) is 10.5 Å². The Kier molecular flexibility index (Phi) is 3.58. The number of hydrogen-bond donors (Lipinski definition) is 1. The number of nitrogens with one attached hydrogen (secondary N) is 1. The Balaban J connectivity index is 2.67. The molecular weight excluding hydrogens is 242 g/mol. The number of nitrogens with zero attached hydrogens (tertiary/aromatic N) is 2. The largest absolute Gasteiger partial charge is 0.493 e. The Labute approximate surface area is 111 Å². The van der Waals surface area contributed by atoms with Crippen molar-refractivity contribution in [2.24, 2.45) is 0 Å². The van der Waals surface area contributed by atoms with Crippen LogP contribution in [-0.2, 0) is 6.42 Å². The highest BCUT2D eigenvalue weighted by Gasteiger charge is 2.20. The van der Waals surface area contributed by atoms with E-state index in [0.717, 1.165) is 17.5 Å². The van der Waals surface area contributed by atoms with Crippen LogP contribution in [0.2, 0.25) is 0 Å². The van der Waals surface area contributed by atoms with Crippen LogP contribution in [0.15, 0.2) is 17.7 Å². The maximum Gasteiger partial charge on any atom is 0.161 e. The third-order valence-electron chi connectivity index (χ3n) is 3.05. The van der Waals surface area contributed by atoms with Gasteiger partial charge in [-0.1, -0.05) is 0 Å². The minimum atomic E-state index is 0.0770. The SMILES string of the molecule is COc1cc2c(cc1OC)C(=C(C#N)C#N)NCC2. The van der Waals surface area contributed by atoms with Crippen molar-refractivity contribution in [2.75, 3.05) is 20.8 Å². The second kappa shape index (κ2) is 5.32. The van der Waals surface area contributed by atoms with Crippen LogP contribution in [0.3, 0.4) is 0 Å². The molecular formula is C14H13N3O2. The first-order valence-electron chi connectivity index (χ1n) is 5.78. The molecule has 1 aliphatic rings. The molecule has 2 rings (SSSR count). The van der Waals surface area contributed by atoms with Crippen LogP contribution < -0.4 is 14.8 Å². The van der Waals surface area contributed by atoms with Crippen molar-refractivity contribution in [3.8, 4) is 23.6 Å². The molecule has 1 N–H and O–H groups in total. The lowest BCUT2D eigenvalue weighted by Crippen LogP contribution is -2.24. The normalized spacial score (nSPS) is 12.5. The van der Waals surface area contributed by atoms with Crippen LogP contribution in [0, 0.1) is 22.7 Å². The van der Waals surface area contributed by atoms with Crippen molar-refractivity contribution < 1.29 is 9.47 Å². The van der Waals surface area contributed by atoms with Crippen LogP contribution in [0.25, 0.3) is 5.70 Å². The smallest absolute Gasteiger partial charge is 0.161 e. The molecule has 5 nitrogen and oxygen atoms in total. The van der Waals surface area contributed by atoms with Gasteiger partial charge in [0.25, 0.3) is 0 Å². The molecule has 96 valence electrons. The lowest BCUT2D eigenvalue weighted by Gasteiger charge is -2.23. The zero-order chi connectivity index (χ0) is 13.8. The van der Waals surface area contributed by atoms with Gasteiger partial charge >= 0.3 is 0 Å². The molecule has 5 heteroatoms. The van der Waals surface area contributed by atoms with Crippen LogP contribution in [-0.4, -0.2) is 20.8 Å². The van der Waals surface area contributed by atoms with E-state index in [1.54, 1.807) is 20.3 Å². The Hall–Kier alpha value is -2.66. The Bertz CT molecular complexity index is 605. The van der Waals surface area contributed by atoms with Crippen molar-refractivity contribution in [1.82, 2.24) is 5.32 Å². The monoisotopic (exact) mass is 255 g/mol. The minimum Gasteiger partial charge on any atom is -0.493 e. The van der Waals surface area contributed by atoms with Crippen molar-refractivity contribution in [3.63, 3.8) is 0 Å². The number of allylic oxidation sites excluding steroid dienone is 1. The van der Waals surface area contributed by atoms with Crippen molar-refractivity contribution in [2.45, 2.75) is 6.42 Å². The van der Waals surface area contributed by atoms with Gasteiger partial charge in [-0.15, -0.1) is 0 Å². The number of ether oxygens (including phenoxy) is 2. The molecule has 19 heavy (non-hydrogen) atoms. The summed E-state index contributed by atoms with van der Waals surface area (Å²) >= 11 is 0. The molecule has 0 aliphatic carbocycles. The second-order valence-electron chi connectivity index (χ2n) is 4.01. The highest BCUT2D eigenvalue weighted by molar-refractivity contribution is 5.78. The average molecular weight is 255 g/mol. The van der Waals surface area contributed by atoms with E-state index in [2.05, 4.69) is 5.32 Å². The molecule has 1 aromatic carbocycles. The summed E-state index contributed by atoms with van der Waals surface area (Å²) in [4.78, 5) is 0. The summed E-state index contributed by atoms with van der Waals surface area (Å²) in [5.74, 6) is 1.23. The summed E-state index contributed by atoms with van der Waals surface area (Å²) < 4.78 is 10.5. The van der Waals surface area contributed by atoms with Gasteiger partial charge in [-0.05, 0) is 24.1 Å². The predicted octanol–water partition coefficient (Wildman–Crippen LogP) is 1.61. The molecule has 0 atom stereocenters. The molecule has 0 saturated carbocycles. The summed E-state index contributed by atoms with van der Waals surface area (Å²) in [5, 5.41) is 21.1. The fourth-order valence-corrected chi connectivity index (χ4v) is 2.14. The van der Waals surface area contributed by atoms with Gasteiger partial charge in [0.2, 0.25) is 0 Å².